The molecule has 0 saturated heterocycles. The van der Waals surface area contributed by atoms with E-state index in [4.69, 9.17) is 18.0 Å². The van der Waals surface area contributed by atoms with Crippen LogP contribution in [0.5, 0.6) is 0 Å². The molecule has 0 spiro atoms. The van der Waals surface area contributed by atoms with Crippen LogP contribution >= 0.6 is 11.6 Å². The minimum Gasteiger partial charge on any atom is -0.355 e. The smallest absolute Gasteiger partial charge is 0.147 e. The van der Waals surface area contributed by atoms with Crippen LogP contribution in [0.1, 0.15) is 19.8 Å². The Labute approximate surface area is 88.9 Å². The van der Waals surface area contributed by atoms with Crippen LogP contribution in [-0.2, 0) is 0 Å². The van der Waals surface area contributed by atoms with Gasteiger partial charge in [-0.05, 0) is 6.42 Å². The molecule has 1 N–H and O–H groups in total. The maximum atomic E-state index is 5.60. The van der Waals surface area contributed by atoms with Crippen molar-refractivity contribution in [3.8, 4) is 12.3 Å². The number of aromatic nitrogens is 2. The van der Waals surface area contributed by atoms with Gasteiger partial charge < -0.3 is 5.32 Å². The Morgan fingerprint density at radius 1 is 1.57 bits per heavy atom. The maximum absolute atomic E-state index is 5.60. The van der Waals surface area contributed by atoms with E-state index in [0.29, 0.717) is 11.0 Å². The van der Waals surface area contributed by atoms with E-state index in [1.54, 1.807) is 6.20 Å². The van der Waals surface area contributed by atoms with Gasteiger partial charge in [-0.3, -0.25) is 0 Å². The van der Waals surface area contributed by atoms with E-state index in [1.165, 1.54) is 6.20 Å². The molecule has 0 aliphatic heterocycles. The maximum Gasteiger partial charge on any atom is 0.147 e. The van der Waals surface area contributed by atoms with Crippen LogP contribution in [0.3, 0.4) is 0 Å². The molecule has 0 saturated carbocycles. The minimum absolute atomic E-state index is 0.00970. The summed E-state index contributed by atoms with van der Waals surface area (Å²) in [6.07, 6.45) is 10.4. The number of halogens is 1. The Morgan fingerprint density at radius 3 is 2.86 bits per heavy atom. The highest BCUT2D eigenvalue weighted by atomic mass is 35.5. The lowest BCUT2D eigenvalue weighted by Crippen LogP contribution is -2.17. The van der Waals surface area contributed by atoms with Gasteiger partial charge >= 0.3 is 0 Å². The summed E-state index contributed by atoms with van der Waals surface area (Å²) in [5, 5.41) is 3.47. The number of nitrogens with one attached hydrogen (secondary N) is 1. The molecule has 0 bridgehead atoms. The van der Waals surface area contributed by atoms with Crippen LogP contribution in [-0.4, -0.2) is 16.0 Å². The number of hydrogen-bond acceptors (Lipinski definition) is 3. The molecule has 3 nitrogen and oxygen atoms in total. The van der Waals surface area contributed by atoms with Gasteiger partial charge in [-0.2, -0.15) is 0 Å². The standard InChI is InChI=1S/C10H12ClN3/c1-3-5-8(4-2)14-10-7-12-9(11)6-13-10/h2,6-8H,3,5H2,1H3,(H,13,14). The van der Waals surface area contributed by atoms with Gasteiger partial charge in [-0.25, -0.2) is 9.97 Å². The van der Waals surface area contributed by atoms with Crippen molar-refractivity contribution in [1.82, 2.24) is 9.97 Å². The van der Waals surface area contributed by atoms with E-state index in [0.717, 1.165) is 12.8 Å². The van der Waals surface area contributed by atoms with E-state index >= 15 is 0 Å². The minimum atomic E-state index is 0.00970. The first-order valence-electron chi connectivity index (χ1n) is 4.46. The highest BCUT2D eigenvalue weighted by molar-refractivity contribution is 6.29. The highest BCUT2D eigenvalue weighted by Crippen LogP contribution is 2.08. The molecule has 1 rings (SSSR count). The van der Waals surface area contributed by atoms with E-state index in [-0.39, 0.29) is 6.04 Å². The average Bonchev–Trinajstić information content (AvgIpc) is 2.20. The molecular formula is C10H12ClN3. The van der Waals surface area contributed by atoms with E-state index in [1.807, 2.05) is 0 Å². The van der Waals surface area contributed by atoms with Crippen LogP contribution in [0.2, 0.25) is 5.15 Å². The fourth-order valence-electron chi connectivity index (χ4n) is 1.05. The molecule has 1 unspecified atom stereocenters. The van der Waals surface area contributed by atoms with Gasteiger partial charge in [0.15, 0.2) is 0 Å². The Hall–Kier alpha value is -1.27. The molecule has 14 heavy (non-hydrogen) atoms. The largest absolute Gasteiger partial charge is 0.355 e. The Morgan fingerprint density at radius 2 is 2.36 bits per heavy atom. The van der Waals surface area contributed by atoms with Gasteiger partial charge in [0.25, 0.3) is 0 Å². The predicted molar refractivity (Wildman–Crippen MR) is 58.2 cm³/mol. The fraction of sp³-hybridized carbons (Fsp3) is 0.400. The van der Waals surface area contributed by atoms with Gasteiger partial charge in [0.1, 0.15) is 11.0 Å². The number of anilines is 1. The van der Waals surface area contributed by atoms with Crippen LogP contribution in [0, 0.1) is 12.3 Å². The monoisotopic (exact) mass is 209 g/mol. The third kappa shape index (κ3) is 3.23. The van der Waals surface area contributed by atoms with Gasteiger partial charge in [-0.1, -0.05) is 30.9 Å². The summed E-state index contributed by atoms with van der Waals surface area (Å²) in [5.74, 6) is 3.31. The summed E-state index contributed by atoms with van der Waals surface area (Å²) in [6, 6.07) is 0.00970. The van der Waals surface area contributed by atoms with Crippen molar-refractivity contribution in [3.63, 3.8) is 0 Å². The molecule has 74 valence electrons. The van der Waals surface area contributed by atoms with Gasteiger partial charge in [0, 0.05) is 0 Å². The molecule has 0 aliphatic rings. The van der Waals surface area contributed by atoms with Crippen LogP contribution in [0.15, 0.2) is 12.4 Å². The number of hydrogen-bond donors (Lipinski definition) is 1. The molecule has 0 aromatic carbocycles. The first-order valence-corrected chi connectivity index (χ1v) is 4.84. The Bertz CT molecular complexity index is 315. The molecule has 0 aliphatic carbocycles. The zero-order chi connectivity index (χ0) is 10.4. The second-order valence-corrected chi connectivity index (χ2v) is 3.26. The molecule has 1 atom stereocenters. The lowest BCUT2D eigenvalue weighted by molar-refractivity contribution is 0.752. The summed E-state index contributed by atoms with van der Waals surface area (Å²) in [7, 11) is 0. The van der Waals surface area contributed by atoms with Crippen LogP contribution in [0.4, 0.5) is 5.82 Å². The average molecular weight is 210 g/mol. The van der Waals surface area contributed by atoms with Crippen LogP contribution in [0.25, 0.3) is 0 Å². The molecule has 1 aromatic heterocycles. The fourth-order valence-corrected chi connectivity index (χ4v) is 1.15. The van der Waals surface area contributed by atoms with E-state index in [2.05, 4.69) is 28.1 Å². The predicted octanol–water partition coefficient (Wildman–Crippen LogP) is 2.34. The van der Waals surface area contributed by atoms with Crippen molar-refractivity contribution >= 4 is 17.4 Å². The van der Waals surface area contributed by atoms with Gasteiger partial charge in [-0.15, -0.1) is 6.42 Å². The summed E-state index contributed by atoms with van der Waals surface area (Å²) >= 11 is 5.60. The van der Waals surface area contributed by atoms with Crippen molar-refractivity contribution in [2.24, 2.45) is 0 Å². The summed E-state index contributed by atoms with van der Waals surface area (Å²) in [6.45, 7) is 2.08. The number of terminal acetylenes is 1. The summed E-state index contributed by atoms with van der Waals surface area (Å²) in [4.78, 5) is 7.95. The van der Waals surface area contributed by atoms with Crippen molar-refractivity contribution in [3.05, 3.63) is 17.5 Å². The topological polar surface area (TPSA) is 37.8 Å². The zero-order valence-corrected chi connectivity index (χ0v) is 8.75. The zero-order valence-electron chi connectivity index (χ0n) is 8.00. The molecule has 0 radical (unpaired) electrons. The molecule has 1 heterocycles. The highest BCUT2D eigenvalue weighted by Gasteiger charge is 2.03. The lowest BCUT2D eigenvalue weighted by Gasteiger charge is -2.11. The van der Waals surface area contributed by atoms with Gasteiger partial charge in [0.2, 0.25) is 0 Å². The SMILES string of the molecule is C#CC(CCC)Nc1cnc(Cl)cn1. The van der Waals surface area contributed by atoms with Crippen molar-refractivity contribution in [2.75, 3.05) is 5.32 Å². The van der Waals surface area contributed by atoms with Crippen molar-refractivity contribution < 1.29 is 0 Å². The second kappa shape index (κ2) is 5.46. The van der Waals surface area contributed by atoms with Gasteiger partial charge in [0.05, 0.1) is 18.4 Å². The van der Waals surface area contributed by atoms with Crippen molar-refractivity contribution in [2.45, 2.75) is 25.8 Å². The quantitative estimate of drug-likeness (QED) is 0.774. The molecule has 4 heteroatoms. The van der Waals surface area contributed by atoms with Crippen LogP contribution < -0.4 is 5.32 Å². The summed E-state index contributed by atoms with van der Waals surface area (Å²) < 4.78 is 0. The van der Waals surface area contributed by atoms with E-state index in [9.17, 15) is 0 Å². The molecule has 0 amide bonds. The van der Waals surface area contributed by atoms with Crippen molar-refractivity contribution in [1.29, 1.82) is 0 Å². The first kappa shape index (κ1) is 10.8. The normalized spacial score (nSPS) is 11.8. The second-order valence-electron chi connectivity index (χ2n) is 2.88. The third-order valence-corrected chi connectivity index (χ3v) is 1.92. The number of nitrogens with zero attached hydrogens (tertiary/aromatic N) is 2. The molecular weight excluding hydrogens is 198 g/mol. The number of rotatable bonds is 4. The summed E-state index contributed by atoms with van der Waals surface area (Å²) in [5.41, 5.74) is 0. The van der Waals surface area contributed by atoms with E-state index < -0.39 is 0 Å². The Balaban J connectivity index is 2.59. The lowest BCUT2D eigenvalue weighted by atomic mass is 10.2. The molecule has 0 fully saturated rings. The Kier molecular flexibility index (Phi) is 4.21. The first-order chi connectivity index (χ1) is 6.76. The molecule has 1 aromatic rings. The third-order valence-electron chi connectivity index (χ3n) is 1.72.